The van der Waals surface area contributed by atoms with Crippen LogP contribution in [-0.2, 0) is 11.3 Å². The average Bonchev–Trinajstić information content (AvgIpc) is 3.12. The summed E-state index contributed by atoms with van der Waals surface area (Å²) in [5.41, 5.74) is 7.29. The summed E-state index contributed by atoms with van der Waals surface area (Å²) in [5, 5.41) is 12.0. The van der Waals surface area contributed by atoms with Crippen LogP contribution in [0.1, 0.15) is 5.56 Å². The number of amides is 1. The number of nitrogens with one attached hydrogen (secondary N) is 1. The number of carbonyl (C=O) groups excluding carboxylic acids is 1. The summed E-state index contributed by atoms with van der Waals surface area (Å²) in [6, 6.07) is 25.6. The van der Waals surface area contributed by atoms with Crippen molar-refractivity contribution in [3.63, 3.8) is 0 Å². The van der Waals surface area contributed by atoms with Crippen molar-refractivity contribution < 1.29 is 4.79 Å². The van der Waals surface area contributed by atoms with E-state index in [1.54, 1.807) is 10.9 Å². The Balaban J connectivity index is 1.36. The van der Waals surface area contributed by atoms with E-state index in [1.165, 1.54) is 0 Å². The van der Waals surface area contributed by atoms with Gasteiger partial charge in [-0.3, -0.25) is 4.79 Å². The molecule has 0 aliphatic rings. The Morgan fingerprint density at radius 3 is 2.44 bits per heavy atom. The van der Waals surface area contributed by atoms with Gasteiger partial charge in [-0.1, -0.05) is 71.9 Å². The average molecular weight is 355 g/mol. The van der Waals surface area contributed by atoms with Crippen LogP contribution in [0.5, 0.6) is 0 Å². The van der Waals surface area contributed by atoms with Gasteiger partial charge < -0.3 is 0 Å². The van der Waals surface area contributed by atoms with E-state index in [0.29, 0.717) is 0 Å². The van der Waals surface area contributed by atoms with E-state index in [1.807, 2.05) is 66.7 Å². The number of fused-ring (bicyclic) bond motifs is 1. The molecule has 4 aromatic rings. The number of aromatic nitrogens is 3. The zero-order valence-corrected chi connectivity index (χ0v) is 14.5. The summed E-state index contributed by atoms with van der Waals surface area (Å²) in [4.78, 5) is 12.1. The van der Waals surface area contributed by atoms with Crippen LogP contribution in [0.2, 0.25) is 0 Å². The molecule has 1 amide bonds. The van der Waals surface area contributed by atoms with E-state index in [9.17, 15) is 4.79 Å². The van der Waals surface area contributed by atoms with Crippen LogP contribution < -0.4 is 5.43 Å². The van der Waals surface area contributed by atoms with Gasteiger partial charge in [0.05, 0.1) is 11.7 Å². The van der Waals surface area contributed by atoms with Crippen molar-refractivity contribution in [2.24, 2.45) is 5.10 Å². The Kier molecular flexibility index (Phi) is 4.70. The normalized spacial score (nSPS) is 11.1. The zero-order chi connectivity index (χ0) is 18.5. The van der Waals surface area contributed by atoms with Crippen LogP contribution >= 0.6 is 0 Å². The summed E-state index contributed by atoms with van der Waals surface area (Å²) in [7, 11) is 0. The lowest BCUT2D eigenvalue weighted by atomic mass is 10.0. The molecule has 0 spiro atoms. The van der Waals surface area contributed by atoms with Crippen LogP contribution in [-0.4, -0.2) is 27.1 Å². The van der Waals surface area contributed by atoms with E-state index < -0.39 is 0 Å². The minimum Gasteiger partial charge on any atom is -0.271 e. The maximum atomic E-state index is 12.1. The lowest BCUT2D eigenvalue weighted by Crippen LogP contribution is -2.23. The molecule has 0 saturated heterocycles. The lowest BCUT2D eigenvalue weighted by molar-refractivity contribution is -0.121. The van der Waals surface area contributed by atoms with Crippen molar-refractivity contribution in [1.29, 1.82) is 0 Å². The minimum atomic E-state index is -0.261. The van der Waals surface area contributed by atoms with Crippen LogP contribution in [0.4, 0.5) is 0 Å². The second-order valence-electron chi connectivity index (χ2n) is 6.02. The molecular formula is C21H17N5O. The molecule has 0 atom stereocenters. The summed E-state index contributed by atoms with van der Waals surface area (Å²) >= 11 is 0. The first-order valence-electron chi connectivity index (χ1n) is 8.55. The smallest absolute Gasteiger partial charge is 0.261 e. The largest absolute Gasteiger partial charge is 0.271 e. The Labute approximate surface area is 156 Å². The monoisotopic (exact) mass is 355 g/mol. The van der Waals surface area contributed by atoms with Gasteiger partial charge in [0.1, 0.15) is 12.1 Å². The number of hydrogen-bond acceptors (Lipinski definition) is 4. The quantitative estimate of drug-likeness (QED) is 0.441. The number of hydrazone groups is 1. The van der Waals surface area contributed by atoms with Crippen LogP contribution in [0.25, 0.3) is 22.2 Å². The highest BCUT2D eigenvalue weighted by atomic mass is 16.2. The van der Waals surface area contributed by atoms with E-state index in [2.05, 4.69) is 33.0 Å². The third-order valence-corrected chi connectivity index (χ3v) is 4.13. The molecule has 1 N–H and O–H groups in total. The van der Waals surface area contributed by atoms with Crippen LogP contribution in [0.3, 0.4) is 0 Å². The van der Waals surface area contributed by atoms with Gasteiger partial charge in [0.2, 0.25) is 0 Å². The molecule has 0 unspecified atom stereocenters. The second-order valence-corrected chi connectivity index (χ2v) is 6.02. The number of nitrogens with zero attached hydrogens (tertiary/aromatic N) is 4. The first kappa shape index (κ1) is 16.7. The molecule has 6 heteroatoms. The zero-order valence-electron chi connectivity index (χ0n) is 14.5. The van der Waals surface area contributed by atoms with Gasteiger partial charge in [-0.05, 0) is 28.8 Å². The summed E-state index contributed by atoms with van der Waals surface area (Å²) in [6.45, 7) is 0.0603. The molecule has 1 heterocycles. The molecule has 27 heavy (non-hydrogen) atoms. The van der Waals surface area contributed by atoms with Crippen molar-refractivity contribution >= 4 is 23.2 Å². The Hall–Kier alpha value is -3.80. The number of hydrogen-bond donors (Lipinski definition) is 1. The van der Waals surface area contributed by atoms with E-state index in [0.717, 1.165) is 27.7 Å². The molecule has 0 aliphatic carbocycles. The highest BCUT2D eigenvalue weighted by Crippen LogP contribution is 2.18. The highest BCUT2D eigenvalue weighted by molar-refractivity contribution is 5.84. The molecule has 0 fully saturated rings. The number of para-hydroxylation sites is 1. The first-order chi connectivity index (χ1) is 13.3. The molecule has 3 aromatic carbocycles. The molecule has 0 radical (unpaired) electrons. The molecule has 6 nitrogen and oxygen atoms in total. The maximum Gasteiger partial charge on any atom is 0.261 e. The molecule has 132 valence electrons. The molecular weight excluding hydrogens is 338 g/mol. The van der Waals surface area contributed by atoms with E-state index >= 15 is 0 Å². The third-order valence-electron chi connectivity index (χ3n) is 4.13. The topological polar surface area (TPSA) is 72.2 Å². The summed E-state index contributed by atoms with van der Waals surface area (Å²) in [5.74, 6) is -0.261. The number of rotatable bonds is 5. The van der Waals surface area contributed by atoms with Gasteiger partial charge in [0, 0.05) is 0 Å². The molecule has 1 aromatic heterocycles. The fourth-order valence-electron chi connectivity index (χ4n) is 2.78. The van der Waals surface area contributed by atoms with Gasteiger partial charge in [-0.2, -0.15) is 5.10 Å². The fraction of sp³-hybridized carbons (Fsp3) is 0.0476. The van der Waals surface area contributed by atoms with Crippen molar-refractivity contribution in [3.05, 3.63) is 84.4 Å². The second kappa shape index (κ2) is 7.61. The Morgan fingerprint density at radius 2 is 1.63 bits per heavy atom. The first-order valence-corrected chi connectivity index (χ1v) is 8.55. The van der Waals surface area contributed by atoms with Gasteiger partial charge in [-0.15, -0.1) is 5.10 Å². The fourth-order valence-corrected chi connectivity index (χ4v) is 2.78. The van der Waals surface area contributed by atoms with Gasteiger partial charge in [0.15, 0.2) is 0 Å². The molecule has 0 saturated carbocycles. The van der Waals surface area contributed by atoms with Crippen molar-refractivity contribution in [2.75, 3.05) is 0 Å². The SMILES string of the molecule is O=C(Cn1nnc2ccccc21)NN=Cc1ccc(-c2ccccc2)cc1. The molecule has 0 bridgehead atoms. The van der Waals surface area contributed by atoms with Crippen LogP contribution in [0, 0.1) is 0 Å². The predicted molar refractivity (Wildman–Crippen MR) is 105 cm³/mol. The minimum absolute atomic E-state index is 0.0603. The predicted octanol–water partition coefficient (Wildman–Crippen LogP) is 3.25. The number of carbonyl (C=O) groups is 1. The summed E-state index contributed by atoms with van der Waals surface area (Å²) in [6.07, 6.45) is 1.62. The third kappa shape index (κ3) is 3.90. The Morgan fingerprint density at radius 1 is 0.926 bits per heavy atom. The van der Waals surface area contributed by atoms with Gasteiger partial charge in [0.25, 0.3) is 5.91 Å². The van der Waals surface area contributed by atoms with Gasteiger partial charge in [-0.25, -0.2) is 10.1 Å². The highest BCUT2D eigenvalue weighted by Gasteiger charge is 2.07. The lowest BCUT2D eigenvalue weighted by Gasteiger charge is -2.02. The van der Waals surface area contributed by atoms with Crippen molar-refractivity contribution in [1.82, 2.24) is 20.4 Å². The maximum absolute atomic E-state index is 12.1. The summed E-state index contributed by atoms with van der Waals surface area (Å²) < 4.78 is 1.55. The van der Waals surface area contributed by atoms with Crippen LogP contribution in [0.15, 0.2) is 84.0 Å². The van der Waals surface area contributed by atoms with Crippen molar-refractivity contribution in [3.8, 4) is 11.1 Å². The van der Waals surface area contributed by atoms with Gasteiger partial charge >= 0.3 is 0 Å². The van der Waals surface area contributed by atoms with E-state index in [-0.39, 0.29) is 12.5 Å². The molecule has 0 aliphatic heterocycles. The van der Waals surface area contributed by atoms with Crippen molar-refractivity contribution in [2.45, 2.75) is 6.54 Å². The Bertz CT molecular complexity index is 1080. The van der Waals surface area contributed by atoms with E-state index in [4.69, 9.17) is 0 Å². The number of benzene rings is 3. The standard InChI is InChI=1S/C21H17N5O/c27-21(15-26-20-9-5-4-8-19(20)23-25-26)24-22-14-16-10-12-18(13-11-16)17-6-2-1-3-7-17/h1-14H,15H2,(H,24,27). The molecule has 4 rings (SSSR count).